The molecule has 0 aliphatic carbocycles. The Balaban J connectivity index is 2.04. The standard InChI is InChI=1S/C20H25NO4/c1-5-25-19-10-13-8-9-21-20(15(13)12-18(19)24-4)14-6-7-16(22-2)17(11-14)23-3/h6-7,10-12,20-21H,5,8-9H2,1-4H3. The first-order valence-corrected chi connectivity index (χ1v) is 8.50. The predicted molar refractivity (Wildman–Crippen MR) is 97.3 cm³/mol. The molecule has 1 aliphatic rings. The molecule has 0 aromatic heterocycles. The van der Waals surface area contributed by atoms with Gasteiger partial charge in [-0.1, -0.05) is 6.07 Å². The summed E-state index contributed by atoms with van der Waals surface area (Å²) < 4.78 is 22.1. The number of methoxy groups -OCH3 is 3. The predicted octanol–water partition coefficient (Wildman–Crippen LogP) is 3.35. The third-order valence-corrected chi connectivity index (χ3v) is 4.52. The maximum absolute atomic E-state index is 5.72. The summed E-state index contributed by atoms with van der Waals surface area (Å²) in [5, 5.41) is 3.59. The molecule has 0 radical (unpaired) electrons. The van der Waals surface area contributed by atoms with Crippen LogP contribution < -0.4 is 24.3 Å². The molecule has 2 aromatic carbocycles. The second-order valence-corrected chi connectivity index (χ2v) is 5.89. The number of hydrogen-bond donors (Lipinski definition) is 1. The van der Waals surface area contributed by atoms with Gasteiger partial charge in [0.05, 0.1) is 34.0 Å². The van der Waals surface area contributed by atoms with E-state index >= 15 is 0 Å². The highest BCUT2D eigenvalue weighted by Crippen LogP contribution is 2.39. The van der Waals surface area contributed by atoms with E-state index in [1.807, 2.05) is 19.1 Å². The van der Waals surface area contributed by atoms with Crippen LogP contribution in [0.4, 0.5) is 0 Å². The molecule has 0 spiro atoms. The smallest absolute Gasteiger partial charge is 0.161 e. The molecule has 2 aromatic rings. The van der Waals surface area contributed by atoms with Crippen molar-refractivity contribution in [3.05, 3.63) is 47.0 Å². The van der Waals surface area contributed by atoms with E-state index in [4.69, 9.17) is 18.9 Å². The molecule has 1 heterocycles. The van der Waals surface area contributed by atoms with Gasteiger partial charge in [0, 0.05) is 6.54 Å². The Kier molecular flexibility index (Phi) is 5.34. The highest BCUT2D eigenvalue weighted by atomic mass is 16.5. The average molecular weight is 343 g/mol. The van der Waals surface area contributed by atoms with E-state index in [9.17, 15) is 0 Å². The average Bonchev–Trinajstić information content (AvgIpc) is 2.66. The summed E-state index contributed by atoms with van der Waals surface area (Å²) >= 11 is 0. The Labute approximate surface area is 148 Å². The van der Waals surface area contributed by atoms with Crippen molar-refractivity contribution in [2.45, 2.75) is 19.4 Å². The number of fused-ring (bicyclic) bond motifs is 1. The number of ether oxygens (including phenoxy) is 4. The first-order chi connectivity index (χ1) is 12.2. The monoisotopic (exact) mass is 343 g/mol. The van der Waals surface area contributed by atoms with Gasteiger partial charge in [0.25, 0.3) is 0 Å². The maximum atomic E-state index is 5.72. The maximum Gasteiger partial charge on any atom is 0.161 e. The number of rotatable bonds is 6. The molecule has 25 heavy (non-hydrogen) atoms. The van der Waals surface area contributed by atoms with Crippen LogP contribution in [0.3, 0.4) is 0 Å². The second-order valence-electron chi connectivity index (χ2n) is 5.89. The Bertz CT molecular complexity index is 745. The third kappa shape index (κ3) is 3.37. The SMILES string of the molecule is CCOc1cc2c(cc1OC)C(c1ccc(OC)c(OC)c1)NCC2. The Morgan fingerprint density at radius 2 is 1.64 bits per heavy atom. The highest BCUT2D eigenvalue weighted by Gasteiger charge is 2.25. The first-order valence-electron chi connectivity index (χ1n) is 8.50. The quantitative estimate of drug-likeness (QED) is 0.872. The number of nitrogens with one attached hydrogen (secondary N) is 1. The van der Waals surface area contributed by atoms with E-state index in [0.717, 1.165) is 41.5 Å². The first kappa shape index (κ1) is 17.4. The molecule has 0 bridgehead atoms. The van der Waals surface area contributed by atoms with Gasteiger partial charge >= 0.3 is 0 Å². The van der Waals surface area contributed by atoms with Crippen LogP contribution in [0.1, 0.15) is 29.7 Å². The van der Waals surface area contributed by atoms with Crippen molar-refractivity contribution in [1.82, 2.24) is 5.32 Å². The van der Waals surface area contributed by atoms with Crippen LogP contribution in [-0.4, -0.2) is 34.5 Å². The van der Waals surface area contributed by atoms with Gasteiger partial charge in [-0.15, -0.1) is 0 Å². The Morgan fingerprint density at radius 1 is 0.920 bits per heavy atom. The van der Waals surface area contributed by atoms with Gasteiger partial charge in [0.1, 0.15) is 0 Å². The van der Waals surface area contributed by atoms with E-state index < -0.39 is 0 Å². The zero-order chi connectivity index (χ0) is 17.8. The van der Waals surface area contributed by atoms with Crippen molar-refractivity contribution in [3.63, 3.8) is 0 Å². The molecule has 0 amide bonds. The summed E-state index contributed by atoms with van der Waals surface area (Å²) in [7, 11) is 4.97. The van der Waals surface area contributed by atoms with Crippen molar-refractivity contribution in [2.24, 2.45) is 0 Å². The molecule has 134 valence electrons. The summed E-state index contributed by atoms with van der Waals surface area (Å²) in [5.41, 5.74) is 3.62. The van der Waals surface area contributed by atoms with Crippen LogP contribution in [0.5, 0.6) is 23.0 Å². The van der Waals surface area contributed by atoms with Crippen LogP contribution in [0.2, 0.25) is 0 Å². The molecule has 1 atom stereocenters. The lowest BCUT2D eigenvalue weighted by molar-refractivity contribution is 0.309. The van der Waals surface area contributed by atoms with E-state index in [0.29, 0.717) is 6.61 Å². The van der Waals surface area contributed by atoms with Crippen molar-refractivity contribution in [1.29, 1.82) is 0 Å². The highest BCUT2D eigenvalue weighted by molar-refractivity contribution is 5.53. The molecule has 1 N–H and O–H groups in total. The van der Waals surface area contributed by atoms with Gasteiger partial charge in [-0.25, -0.2) is 0 Å². The topological polar surface area (TPSA) is 49.0 Å². The fraction of sp³-hybridized carbons (Fsp3) is 0.400. The fourth-order valence-electron chi connectivity index (χ4n) is 3.32. The minimum Gasteiger partial charge on any atom is -0.493 e. The minimum absolute atomic E-state index is 0.0770. The van der Waals surface area contributed by atoms with Crippen molar-refractivity contribution in [3.8, 4) is 23.0 Å². The van der Waals surface area contributed by atoms with E-state index in [-0.39, 0.29) is 6.04 Å². The van der Waals surface area contributed by atoms with Gasteiger partial charge in [-0.05, 0) is 54.3 Å². The molecule has 1 unspecified atom stereocenters. The zero-order valence-corrected chi connectivity index (χ0v) is 15.2. The lowest BCUT2D eigenvalue weighted by atomic mass is 9.89. The number of hydrogen-bond acceptors (Lipinski definition) is 5. The van der Waals surface area contributed by atoms with Crippen molar-refractivity contribution >= 4 is 0 Å². The summed E-state index contributed by atoms with van der Waals surface area (Å²) in [5.74, 6) is 3.02. The lowest BCUT2D eigenvalue weighted by Crippen LogP contribution is -2.30. The third-order valence-electron chi connectivity index (χ3n) is 4.52. The van der Waals surface area contributed by atoms with Gasteiger partial charge in [0.15, 0.2) is 23.0 Å². The largest absolute Gasteiger partial charge is 0.493 e. The second kappa shape index (κ2) is 7.66. The fourth-order valence-corrected chi connectivity index (χ4v) is 3.32. The molecule has 0 saturated heterocycles. The Hall–Kier alpha value is -2.40. The van der Waals surface area contributed by atoms with Crippen LogP contribution in [0.15, 0.2) is 30.3 Å². The lowest BCUT2D eigenvalue weighted by Gasteiger charge is -2.29. The molecular formula is C20H25NO4. The summed E-state index contributed by atoms with van der Waals surface area (Å²) in [6.45, 7) is 3.50. The van der Waals surface area contributed by atoms with Crippen LogP contribution in [0, 0.1) is 0 Å². The minimum atomic E-state index is 0.0770. The number of benzene rings is 2. The summed E-state index contributed by atoms with van der Waals surface area (Å²) in [4.78, 5) is 0. The van der Waals surface area contributed by atoms with Gasteiger partial charge in [-0.2, -0.15) is 0 Å². The molecule has 0 saturated carbocycles. The molecular weight excluding hydrogens is 318 g/mol. The summed E-state index contributed by atoms with van der Waals surface area (Å²) in [6, 6.07) is 10.3. The van der Waals surface area contributed by atoms with Gasteiger partial charge in [0.2, 0.25) is 0 Å². The zero-order valence-electron chi connectivity index (χ0n) is 15.2. The van der Waals surface area contributed by atoms with Crippen LogP contribution >= 0.6 is 0 Å². The molecule has 5 nitrogen and oxygen atoms in total. The molecule has 5 heteroatoms. The Morgan fingerprint density at radius 3 is 2.32 bits per heavy atom. The van der Waals surface area contributed by atoms with Gasteiger partial charge < -0.3 is 24.3 Å². The van der Waals surface area contributed by atoms with E-state index in [1.165, 1.54) is 11.1 Å². The van der Waals surface area contributed by atoms with Crippen molar-refractivity contribution in [2.75, 3.05) is 34.5 Å². The normalized spacial score (nSPS) is 16.1. The molecule has 1 aliphatic heterocycles. The van der Waals surface area contributed by atoms with Crippen LogP contribution in [-0.2, 0) is 6.42 Å². The van der Waals surface area contributed by atoms with E-state index in [1.54, 1.807) is 21.3 Å². The molecule has 0 fully saturated rings. The van der Waals surface area contributed by atoms with E-state index in [2.05, 4.69) is 23.5 Å². The van der Waals surface area contributed by atoms with Gasteiger partial charge in [-0.3, -0.25) is 0 Å². The van der Waals surface area contributed by atoms with Crippen molar-refractivity contribution < 1.29 is 18.9 Å². The van der Waals surface area contributed by atoms with Crippen LogP contribution in [0.25, 0.3) is 0 Å². The molecule has 3 rings (SSSR count). The summed E-state index contributed by atoms with van der Waals surface area (Å²) in [6.07, 6.45) is 0.961.